The van der Waals surface area contributed by atoms with Crippen LogP contribution in [0.3, 0.4) is 0 Å². The van der Waals surface area contributed by atoms with Crippen molar-refractivity contribution in [2.75, 3.05) is 53.7 Å². The summed E-state index contributed by atoms with van der Waals surface area (Å²) in [5, 5.41) is 12.3. The molecule has 1 amide bonds. The summed E-state index contributed by atoms with van der Waals surface area (Å²) < 4.78 is 60.8. The minimum absolute atomic E-state index is 0.0644. The van der Waals surface area contributed by atoms with Crippen LogP contribution in [0.25, 0.3) is 11.0 Å². The van der Waals surface area contributed by atoms with E-state index < -0.39 is 29.2 Å². The van der Waals surface area contributed by atoms with E-state index in [0.29, 0.717) is 28.8 Å². The van der Waals surface area contributed by atoms with Crippen molar-refractivity contribution in [3.05, 3.63) is 18.1 Å². The number of carbonyl (C=O) groups excluding carboxylic acids is 1. The van der Waals surface area contributed by atoms with E-state index in [1.165, 1.54) is 35.0 Å². The van der Waals surface area contributed by atoms with Crippen LogP contribution in [0.15, 0.2) is 17.5 Å². The second kappa shape index (κ2) is 15.9. The molecule has 1 aliphatic heterocycles. The molecule has 0 saturated carbocycles. The lowest BCUT2D eigenvalue weighted by atomic mass is 10.2. The number of carbonyl (C=O) groups is 1. The molecule has 3 atom stereocenters. The number of nitrogens with zero attached hydrogens (tertiary/aromatic N) is 5. The monoisotopic (exact) mass is 648 g/mol. The second-order valence-electron chi connectivity index (χ2n) is 10.1. The number of hydrogen-bond acceptors (Lipinski definition) is 11. The highest BCUT2D eigenvalue weighted by Crippen LogP contribution is 2.37. The van der Waals surface area contributed by atoms with E-state index in [0.717, 1.165) is 0 Å². The van der Waals surface area contributed by atoms with Gasteiger partial charge in [0.15, 0.2) is 5.82 Å². The van der Waals surface area contributed by atoms with E-state index in [-0.39, 0.29) is 38.6 Å². The number of fused-ring (bicyclic) bond motifs is 1. The van der Waals surface area contributed by atoms with Crippen molar-refractivity contribution in [2.24, 2.45) is 4.99 Å². The second-order valence-corrected chi connectivity index (χ2v) is 13.1. The van der Waals surface area contributed by atoms with E-state index in [1.54, 1.807) is 31.3 Å². The minimum atomic E-state index is -4.92. The molecule has 1 unspecified atom stereocenters. The topological polar surface area (TPSA) is 133 Å². The summed E-state index contributed by atoms with van der Waals surface area (Å²) in [5.74, 6) is 4.74. The lowest BCUT2D eigenvalue weighted by Crippen LogP contribution is -2.42. The summed E-state index contributed by atoms with van der Waals surface area (Å²) in [5.41, 5.74) is 1.14. The Labute approximate surface area is 255 Å². The number of aliphatic hydroxyl groups excluding tert-OH is 1. The SMILES string of the molecule is COCOC1C[C@H](n2cc(C#CCOCSSC(C)(C)CNC(=O)C(F)(F)F)c3c(/N=C/N(C)C)ncnc32)O[C@@H]1CO. The maximum absolute atomic E-state index is 12.4. The van der Waals surface area contributed by atoms with E-state index >= 15 is 0 Å². The first-order valence-electron chi connectivity index (χ1n) is 13.0. The van der Waals surface area contributed by atoms with Crippen LogP contribution in [0.1, 0.15) is 32.1 Å². The van der Waals surface area contributed by atoms with E-state index in [1.807, 2.05) is 24.0 Å². The van der Waals surface area contributed by atoms with Gasteiger partial charge in [0.1, 0.15) is 43.6 Å². The first kappa shape index (κ1) is 34.9. The Hall–Kier alpha value is -2.59. The number of halogens is 3. The maximum Gasteiger partial charge on any atom is 0.471 e. The van der Waals surface area contributed by atoms with Crippen molar-refractivity contribution in [2.45, 2.75) is 49.6 Å². The van der Waals surface area contributed by atoms with Gasteiger partial charge in [0, 0.05) is 45.1 Å². The zero-order chi connectivity index (χ0) is 31.6. The van der Waals surface area contributed by atoms with Crippen molar-refractivity contribution in [1.82, 2.24) is 24.8 Å². The minimum Gasteiger partial charge on any atom is -0.394 e. The molecule has 0 aliphatic carbocycles. The number of nitrogens with one attached hydrogen (secondary N) is 1. The Kier molecular flexibility index (Phi) is 12.9. The third kappa shape index (κ3) is 10.2. The lowest BCUT2D eigenvalue weighted by Gasteiger charge is -2.23. The molecule has 2 N–H and O–H groups in total. The molecule has 1 saturated heterocycles. The Balaban J connectivity index is 1.69. The van der Waals surface area contributed by atoms with Gasteiger partial charge in [-0.15, -0.1) is 0 Å². The average Bonchev–Trinajstić information content (AvgIpc) is 3.54. The molecule has 238 valence electrons. The van der Waals surface area contributed by atoms with E-state index in [4.69, 9.17) is 18.9 Å². The first-order chi connectivity index (χ1) is 20.4. The molecule has 2 aromatic heterocycles. The van der Waals surface area contributed by atoms with E-state index in [9.17, 15) is 23.1 Å². The van der Waals surface area contributed by atoms with Crippen molar-refractivity contribution >= 4 is 50.7 Å². The Morgan fingerprint density at radius 1 is 1.37 bits per heavy atom. The van der Waals surface area contributed by atoms with Gasteiger partial charge in [0.05, 0.1) is 30.0 Å². The number of amides is 1. The molecule has 3 heterocycles. The van der Waals surface area contributed by atoms with Crippen LogP contribution in [-0.4, -0.2) is 114 Å². The molecule has 17 heteroatoms. The molecule has 0 aromatic carbocycles. The number of aromatic nitrogens is 3. The average molecular weight is 649 g/mol. The van der Waals surface area contributed by atoms with Crippen LogP contribution in [0.5, 0.6) is 0 Å². The van der Waals surface area contributed by atoms with Crippen molar-refractivity contribution in [3.8, 4) is 11.8 Å². The number of rotatable bonds is 14. The van der Waals surface area contributed by atoms with Crippen LogP contribution in [0.2, 0.25) is 0 Å². The molecule has 3 rings (SSSR count). The molecule has 1 aliphatic rings. The number of alkyl halides is 3. The summed E-state index contributed by atoms with van der Waals surface area (Å²) in [6.07, 6.45) is -1.08. The fourth-order valence-corrected chi connectivity index (χ4v) is 6.01. The molecule has 0 spiro atoms. The van der Waals surface area contributed by atoms with Gasteiger partial charge in [0.2, 0.25) is 0 Å². The van der Waals surface area contributed by atoms with Gasteiger partial charge >= 0.3 is 12.1 Å². The number of methoxy groups -OCH3 is 1. The van der Waals surface area contributed by atoms with Gasteiger partial charge in [-0.1, -0.05) is 33.4 Å². The molecule has 2 aromatic rings. The third-order valence-electron chi connectivity index (χ3n) is 5.82. The zero-order valence-corrected chi connectivity index (χ0v) is 26.0. The quantitative estimate of drug-likeness (QED) is 0.0782. The van der Waals surface area contributed by atoms with Gasteiger partial charge in [0.25, 0.3) is 0 Å². The van der Waals surface area contributed by atoms with Crippen LogP contribution in [0, 0.1) is 11.8 Å². The zero-order valence-electron chi connectivity index (χ0n) is 24.4. The summed E-state index contributed by atoms with van der Waals surface area (Å²) in [6.45, 7) is 3.20. The summed E-state index contributed by atoms with van der Waals surface area (Å²) in [7, 11) is 7.78. The molecular weight excluding hydrogens is 613 g/mol. The molecular formula is C26H35F3N6O6S2. The molecule has 0 radical (unpaired) electrons. The number of aliphatic hydroxyl groups is 1. The first-order valence-corrected chi connectivity index (χ1v) is 15.3. The highest BCUT2D eigenvalue weighted by atomic mass is 33.1. The number of hydrogen-bond donors (Lipinski definition) is 2. The Bertz CT molecular complexity index is 1310. The summed E-state index contributed by atoms with van der Waals surface area (Å²) >= 11 is 0. The highest BCUT2D eigenvalue weighted by Gasteiger charge is 2.39. The maximum atomic E-state index is 12.4. The molecule has 1 fully saturated rings. The lowest BCUT2D eigenvalue weighted by molar-refractivity contribution is -0.173. The van der Waals surface area contributed by atoms with Gasteiger partial charge in [-0.3, -0.25) is 4.79 Å². The van der Waals surface area contributed by atoms with Gasteiger partial charge in [-0.05, 0) is 13.8 Å². The molecule has 43 heavy (non-hydrogen) atoms. The van der Waals surface area contributed by atoms with Crippen molar-refractivity contribution in [3.63, 3.8) is 0 Å². The standard InChI is InChI=1S/C26H35F3N6O6S2/c1-25(2,12-30-24(37)26(27,28)29)43-42-16-39-8-6-7-17-10-35(20-9-18(40-15-38-5)19(11-36)41-20)23-21(17)22(31-13-32-23)33-14-34(3)4/h10,13-14,18-20,36H,8-9,11-12,15-16H2,1-5H3,(H,30,37)/b33-14+/t18?,19-,20-/m1/s1. The molecule has 0 bridgehead atoms. The fourth-order valence-electron chi connectivity index (χ4n) is 3.88. The third-order valence-corrected chi connectivity index (χ3v) is 8.79. The van der Waals surface area contributed by atoms with Crippen LogP contribution < -0.4 is 5.32 Å². The number of aliphatic imine (C=N–C) groups is 1. The predicted octanol–water partition coefficient (Wildman–Crippen LogP) is 3.09. The Morgan fingerprint density at radius 3 is 2.81 bits per heavy atom. The summed E-state index contributed by atoms with van der Waals surface area (Å²) in [4.78, 5) is 26.1. The van der Waals surface area contributed by atoms with Gasteiger partial charge < -0.3 is 38.8 Å². The van der Waals surface area contributed by atoms with Crippen LogP contribution in [0.4, 0.5) is 19.0 Å². The fraction of sp³-hybridized carbons (Fsp3) is 0.615. The summed E-state index contributed by atoms with van der Waals surface area (Å²) in [6, 6.07) is 0. The van der Waals surface area contributed by atoms with E-state index in [2.05, 4.69) is 26.8 Å². The van der Waals surface area contributed by atoms with Crippen LogP contribution in [-0.2, 0) is 23.7 Å². The highest BCUT2D eigenvalue weighted by molar-refractivity contribution is 8.77. The van der Waals surface area contributed by atoms with Crippen molar-refractivity contribution in [1.29, 1.82) is 0 Å². The van der Waals surface area contributed by atoms with Crippen molar-refractivity contribution < 1.29 is 42.0 Å². The van der Waals surface area contributed by atoms with Crippen LogP contribution >= 0.6 is 21.6 Å². The predicted molar refractivity (Wildman–Crippen MR) is 158 cm³/mol. The normalized spacial score (nSPS) is 19.1. The largest absolute Gasteiger partial charge is 0.471 e. The Morgan fingerprint density at radius 2 is 2.14 bits per heavy atom. The smallest absolute Gasteiger partial charge is 0.394 e. The molecule has 12 nitrogen and oxygen atoms in total. The number of ether oxygens (including phenoxy) is 4. The van der Waals surface area contributed by atoms with Gasteiger partial charge in [-0.2, -0.15) is 13.2 Å². The van der Waals surface area contributed by atoms with Gasteiger partial charge in [-0.25, -0.2) is 15.0 Å².